The predicted octanol–water partition coefficient (Wildman–Crippen LogP) is 3.52. The number of aromatic nitrogens is 1. The molecule has 0 spiro atoms. The van der Waals surface area contributed by atoms with Crippen LogP contribution < -0.4 is 5.32 Å². The molecule has 0 atom stereocenters. The number of carboxylic acids is 2. The summed E-state index contributed by atoms with van der Waals surface area (Å²) < 4.78 is 5.46. The number of piperidine rings is 1. The second-order valence-electron chi connectivity index (χ2n) is 8.77. The normalized spacial score (nSPS) is 14.0. The van der Waals surface area contributed by atoms with Gasteiger partial charge in [0.05, 0.1) is 5.69 Å². The number of likely N-dealkylation sites (tertiary alicyclic amines) is 1. The van der Waals surface area contributed by atoms with Gasteiger partial charge in [0.15, 0.2) is 5.58 Å². The number of fused-ring (bicyclic) bond motifs is 1. The maximum absolute atomic E-state index is 11.3. The number of benzene rings is 2. The van der Waals surface area contributed by atoms with Crippen molar-refractivity contribution in [1.82, 2.24) is 10.1 Å². The van der Waals surface area contributed by atoms with Crippen LogP contribution >= 0.6 is 0 Å². The molecule has 0 unspecified atom stereocenters. The number of carboxylic acid groups (broad SMARTS) is 2. The maximum Gasteiger partial charge on any atom is 0.328 e. The largest absolute Gasteiger partial charge is 0.478 e. The van der Waals surface area contributed by atoms with Gasteiger partial charge in [-0.2, -0.15) is 0 Å². The Kier molecular flexibility index (Phi) is 11.5. The van der Waals surface area contributed by atoms with Crippen molar-refractivity contribution in [3.8, 4) is 0 Å². The molecular weight excluding hydrogens is 478 g/mol. The van der Waals surface area contributed by atoms with Crippen molar-refractivity contribution >= 4 is 34.5 Å². The van der Waals surface area contributed by atoms with E-state index in [9.17, 15) is 14.4 Å². The highest BCUT2D eigenvalue weighted by Crippen LogP contribution is 2.27. The number of carbonyl (C=O) groups excluding carboxylic acids is 1. The van der Waals surface area contributed by atoms with Crippen LogP contribution in [-0.2, 0) is 27.3 Å². The highest BCUT2D eigenvalue weighted by Gasteiger charge is 2.20. The van der Waals surface area contributed by atoms with E-state index >= 15 is 0 Å². The van der Waals surface area contributed by atoms with Gasteiger partial charge >= 0.3 is 11.9 Å². The topological polar surface area (TPSA) is 164 Å². The summed E-state index contributed by atoms with van der Waals surface area (Å²) >= 11 is 0. The maximum atomic E-state index is 11.3. The van der Waals surface area contributed by atoms with Gasteiger partial charge in [0.1, 0.15) is 0 Å². The third kappa shape index (κ3) is 9.86. The van der Waals surface area contributed by atoms with Crippen molar-refractivity contribution in [2.45, 2.75) is 39.2 Å². The van der Waals surface area contributed by atoms with Crippen LogP contribution in [0.5, 0.6) is 0 Å². The van der Waals surface area contributed by atoms with Crippen molar-refractivity contribution in [2.24, 2.45) is 5.92 Å². The molecule has 1 amide bonds. The molecule has 37 heavy (non-hydrogen) atoms. The van der Waals surface area contributed by atoms with Crippen LogP contribution in [0.15, 0.2) is 65.2 Å². The average Bonchev–Trinajstić information content (AvgIpc) is 3.25. The summed E-state index contributed by atoms with van der Waals surface area (Å²) in [5, 5.41) is 23.7. The first-order chi connectivity index (χ1) is 17.3. The van der Waals surface area contributed by atoms with E-state index in [0.717, 1.165) is 60.7 Å². The van der Waals surface area contributed by atoms with Crippen molar-refractivity contribution in [2.75, 3.05) is 18.4 Å². The number of hydrogen-bond donors (Lipinski definition) is 3. The highest BCUT2D eigenvalue weighted by atomic mass is 16.5. The molecule has 2 aromatic carbocycles. The molecule has 10 nitrogen and oxygen atoms in total. The second-order valence-corrected chi connectivity index (χ2v) is 8.77. The molecule has 1 aliphatic heterocycles. The Balaban J connectivity index is 0.000000467. The Morgan fingerprint density at radius 2 is 1.70 bits per heavy atom. The number of anilines is 1. The first-order valence-corrected chi connectivity index (χ1v) is 11.9. The molecule has 198 valence electrons. The average molecular weight is 512 g/mol. The monoisotopic (exact) mass is 511 g/mol. The second kappa shape index (κ2) is 14.5. The van der Waals surface area contributed by atoms with E-state index in [0.29, 0.717) is 12.2 Å². The first-order valence-electron chi connectivity index (χ1n) is 11.9. The van der Waals surface area contributed by atoms with Gasteiger partial charge in [-0.05, 0) is 68.5 Å². The van der Waals surface area contributed by atoms with Crippen molar-refractivity contribution in [3.05, 3.63) is 71.9 Å². The summed E-state index contributed by atoms with van der Waals surface area (Å²) in [5.74, 6) is -1.85. The molecule has 1 saturated heterocycles. The number of carbonyl (C=O) groups is 3. The lowest BCUT2D eigenvalue weighted by Gasteiger charge is -2.31. The number of nitrogens with one attached hydrogen (secondary N) is 1. The lowest BCUT2D eigenvalue weighted by molar-refractivity contribution is -0.134. The summed E-state index contributed by atoms with van der Waals surface area (Å²) in [4.78, 5) is 33.0. The molecule has 3 aromatic rings. The zero-order chi connectivity index (χ0) is 25.9. The fourth-order valence-electron chi connectivity index (χ4n) is 4.21. The van der Waals surface area contributed by atoms with E-state index in [1.165, 1.54) is 25.3 Å². The highest BCUT2D eigenvalue weighted by molar-refractivity contribution is 5.92. The van der Waals surface area contributed by atoms with Crippen molar-refractivity contribution in [3.63, 3.8) is 0 Å². The molecule has 2 heterocycles. The van der Waals surface area contributed by atoms with Crippen molar-refractivity contribution in [1.29, 1.82) is 0 Å². The summed E-state index contributed by atoms with van der Waals surface area (Å²) in [6.07, 6.45) is 5.63. The number of amides is 1. The van der Waals surface area contributed by atoms with Crippen molar-refractivity contribution < 1.29 is 34.6 Å². The molecule has 0 saturated carbocycles. The summed E-state index contributed by atoms with van der Waals surface area (Å²) in [6.45, 7) is 4.88. The zero-order valence-corrected chi connectivity index (χ0v) is 20.7. The van der Waals surface area contributed by atoms with Crippen LogP contribution in [0.3, 0.4) is 0 Å². The van der Waals surface area contributed by atoms with E-state index in [1.807, 2.05) is 18.2 Å². The van der Waals surface area contributed by atoms with Gasteiger partial charge in [-0.1, -0.05) is 35.5 Å². The smallest absolute Gasteiger partial charge is 0.328 e. The summed E-state index contributed by atoms with van der Waals surface area (Å²) in [6, 6.07) is 16.4. The lowest BCUT2D eigenvalue weighted by atomic mass is 9.91. The van der Waals surface area contributed by atoms with Gasteiger partial charge in [0.25, 0.3) is 0 Å². The van der Waals surface area contributed by atoms with E-state index in [2.05, 4.69) is 45.7 Å². The van der Waals surface area contributed by atoms with Gasteiger partial charge in [0.2, 0.25) is 5.91 Å². The number of rotatable bonds is 8. The van der Waals surface area contributed by atoms with Gasteiger partial charge < -0.3 is 25.5 Å². The summed E-state index contributed by atoms with van der Waals surface area (Å²) in [5.41, 5.74) is 3.96. The molecule has 4 rings (SSSR count). The Labute approximate surface area is 214 Å². The van der Waals surface area contributed by atoms with E-state index < -0.39 is 11.9 Å². The molecule has 10 heteroatoms. The minimum absolute atomic E-state index is 0. The molecular formula is C27H33N3O7. The molecule has 0 aliphatic carbocycles. The zero-order valence-electron chi connectivity index (χ0n) is 20.7. The van der Waals surface area contributed by atoms with Gasteiger partial charge in [0, 0.05) is 36.7 Å². The molecule has 5 N–H and O–H groups in total. The number of hydrogen-bond acceptors (Lipinski definition) is 6. The number of aryl methyl sites for hydroxylation is 1. The fraction of sp³-hybridized carbons (Fsp3) is 0.333. The minimum Gasteiger partial charge on any atom is -0.478 e. The van der Waals surface area contributed by atoms with Crippen LogP contribution in [-0.4, -0.2) is 56.7 Å². The number of nitrogens with zero attached hydrogens (tertiary/aromatic N) is 2. The summed E-state index contributed by atoms with van der Waals surface area (Å²) in [7, 11) is 0. The fourth-order valence-corrected chi connectivity index (χ4v) is 4.21. The van der Waals surface area contributed by atoms with E-state index in [1.54, 1.807) is 0 Å². The standard InChI is InChI=1S/C23H27N3O2.C4H4O4.H2O/c1-17(27)24-20-8-10-23-21(15-20)22(25-28-23)9-7-18-11-13-26(14-12-18)16-19-5-3-2-4-6-19;5-3(6)1-2-4(7)8;/h2-6,8,10,15,18H,7,9,11-14,16H2,1H3,(H,24,27);1-2H,(H,5,6)(H,7,8);1H2/b;2-1+;. The lowest BCUT2D eigenvalue weighted by Crippen LogP contribution is -2.33. The Bertz CT molecular complexity index is 1180. The molecule has 1 aliphatic rings. The number of aliphatic carboxylic acids is 2. The first kappa shape index (κ1) is 29.2. The Morgan fingerprint density at radius 1 is 1.05 bits per heavy atom. The van der Waals surface area contributed by atoms with Gasteiger partial charge in [-0.15, -0.1) is 0 Å². The van der Waals surface area contributed by atoms with E-state index in [4.69, 9.17) is 14.7 Å². The van der Waals surface area contributed by atoms with Crippen LogP contribution in [0.2, 0.25) is 0 Å². The van der Waals surface area contributed by atoms with E-state index in [-0.39, 0.29) is 11.4 Å². The van der Waals surface area contributed by atoms with Crippen LogP contribution in [0, 0.1) is 5.92 Å². The van der Waals surface area contributed by atoms with Gasteiger partial charge in [-0.25, -0.2) is 9.59 Å². The van der Waals surface area contributed by atoms with Crippen LogP contribution in [0.1, 0.15) is 37.4 Å². The Hall–Kier alpha value is -4.02. The van der Waals surface area contributed by atoms with Crippen LogP contribution in [0.25, 0.3) is 11.0 Å². The molecule has 0 bridgehead atoms. The predicted molar refractivity (Wildman–Crippen MR) is 139 cm³/mol. The third-order valence-corrected chi connectivity index (χ3v) is 5.98. The quantitative estimate of drug-likeness (QED) is 0.387. The minimum atomic E-state index is -1.26. The SMILES string of the molecule is CC(=O)Nc1ccc2onc(CCC3CCN(Cc4ccccc4)CC3)c2c1.O.O=C(O)/C=C/C(=O)O. The molecule has 0 radical (unpaired) electrons. The third-order valence-electron chi connectivity index (χ3n) is 5.98. The molecule has 1 fully saturated rings. The molecule has 1 aromatic heterocycles. The Morgan fingerprint density at radius 3 is 2.30 bits per heavy atom. The van der Waals surface area contributed by atoms with Crippen LogP contribution in [0.4, 0.5) is 5.69 Å². The van der Waals surface area contributed by atoms with Gasteiger partial charge in [-0.3, -0.25) is 9.69 Å².